The molecule has 4 heterocycles. The van der Waals surface area contributed by atoms with Crippen molar-refractivity contribution in [2.75, 3.05) is 10.6 Å². The van der Waals surface area contributed by atoms with Gasteiger partial charge in [-0.25, -0.2) is 9.98 Å². The van der Waals surface area contributed by atoms with Gasteiger partial charge in [-0.15, -0.1) is 0 Å². The zero-order chi connectivity index (χ0) is 50.2. The maximum Gasteiger partial charge on any atom is 0.208 e. The molecule has 10 aliphatic rings. The Kier molecular flexibility index (Phi) is 8.92. The normalized spacial score (nSPS) is 30.0. The van der Waals surface area contributed by atoms with Crippen molar-refractivity contribution in [3.63, 3.8) is 0 Å². The van der Waals surface area contributed by atoms with Crippen LogP contribution in [0, 0.1) is 0 Å². The highest BCUT2D eigenvalue weighted by molar-refractivity contribution is 6.27. The summed E-state index contributed by atoms with van der Waals surface area (Å²) in [6.07, 6.45) is 10.4. The molecule has 6 aliphatic carbocycles. The van der Waals surface area contributed by atoms with Crippen LogP contribution in [0.1, 0.15) is 127 Å². The predicted octanol–water partition coefficient (Wildman–Crippen LogP) is 8.87. The van der Waals surface area contributed by atoms with E-state index in [4.69, 9.17) is 0 Å². The third kappa shape index (κ3) is 5.64. The van der Waals surface area contributed by atoms with Crippen LogP contribution in [-0.2, 0) is 31.2 Å². The highest BCUT2D eigenvalue weighted by atomic mass is 16.3. The number of anilines is 2. The monoisotopic (exact) mass is 970 g/mol. The van der Waals surface area contributed by atoms with Crippen molar-refractivity contribution in [2.45, 2.75) is 126 Å². The summed E-state index contributed by atoms with van der Waals surface area (Å²) in [5, 5.41) is 36.2. The molecule has 5 aromatic carbocycles. The molecule has 4 aliphatic heterocycles. The molecule has 2 fully saturated rings. The van der Waals surface area contributed by atoms with Gasteiger partial charge in [-0.3, -0.25) is 9.59 Å². The molecule has 4 N–H and O–H groups in total. The molecule has 8 nitrogen and oxygen atoms in total. The van der Waals surface area contributed by atoms with Crippen molar-refractivity contribution in [2.24, 2.45) is 0 Å². The zero-order valence-electron chi connectivity index (χ0n) is 42.5. The van der Waals surface area contributed by atoms with E-state index in [0.717, 1.165) is 154 Å². The summed E-state index contributed by atoms with van der Waals surface area (Å²) in [6, 6.07) is 38.8. The highest BCUT2D eigenvalue weighted by Gasteiger charge is 2.54. The first kappa shape index (κ1) is 44.0. The quantitative estimate of drug-likeness (QED) is 0.133. The summed E-state index contributed by atoms with van der Waals surface area (Å²) in [4.78, 5) is 36.0. The molecular formula is C66H58N4O4. The number of hydrogen-bond acceptors (Lipinski definition) is 6. The van der Waals surface area contributed by atoms with Gasteiger partial charge in [0.25, 0.3) is 0 Å². The second-order valence-electron chi connectivity index (χ2n) is 23.7. The van der Waals surface area contributed by atoms with E-state index in [9.17, 15) is 19.8 Å². The minimum absolute atomic E-state index is 0.0957. The van der Waals surface area contributed by atoms with Gasteiger partial charge in [-0.1, -0.05) is 84.3 Å². The van der Waals surface area contributed by atoms with Crippen LogP contribution in [0.2, 0.25) is 0 Å². The third-order valence-electron chi connectivity index (χ3n) is 19.7. The average molecular weight is 971 g/mol. The summed E-state index contributed by atoms with van der Waals surface area (Å²) in [5.41, 5.74) is 21.7. The lowest BCUT2D eigenvalue weighted by Gasteiger charge is -2.40. The largest absolute Gasteiger partial charge is 0.871 e. The molecule has 0 amide bonds. The van der Waals surface area contributed by atoms with E-state index in [2.05, 4.69) is 145 Å². The second-order valence-corrected chi connectivity index (χ2v) is 23.7. The lowest BCUT2D eigenvalue weighted by molar-refractivity contribution is -0.351. The van der Waals surface area contributed by atoms with Crippen molar-refractivity contribution in [1.29, 1.82) is 0 Å². The van der Waals surface area contributed by atoms with Crippen molar-refractivity contribution >= 4 is 45.7 Å². The Morgan fingerprint density at radius 1 is 0.419 bits per heavy atom. The topological polar surface area (TPSA) is 132 Å². The standard InChI is InChI=1S/C66H58N4O4/c1-63-29-9-13-39(59(63)67-47-19-7-5-17-43(47)63)51-55(71)53(56(51)72)41-15-11-31-65(3)45-33-37(25-27-49(45)69-61(41)65)35-21-23-36(24-22-35)38-26-28-50-46(34-38)66(4)32-12-16-42(62(66)70-50)54-57(73)52(58(54)74)40-14-10-30-64(2)44-18-6-8-20-48(44)68-60(40)64/h5-8,17-28,33-34,69-71,73H,9-16,29-32H2,1-4H3/b51-39+,52-40+. The first-order valence-electron chi connectivity index (χ1n) is 27.1. The second kappa shape index (κ2) is 15.0. The van der Waals surface area contributed by atoms with Gasteiger partial charge in [0.15, 0.2) is 23.0 Å². The van der Waals surface area contributed by atoms with Crippen LogP contribution >= 0.6 is 0 Å². The van der Waals surface area contributed by atoms with Crippen LogP contribution in [0.5, 0.6) is 0 Å². The van der Waals surface area contributed by atoms with Crippen molar-refractivity contribution in [3.05, 3.63) is 199 Å². The number of Topliss-reactive ketones (excluding diaryl/α,β-unsaturated/α-hetero) is 2. The molecule has 0 bridgehead atoms. The number of rotatable bonds is 4. The van der Waals surface area contributed by atoms with Crippen LogP contribution in [0.25, 0.3) is 22.3 Å². The average Bonchev–Trinajstić information content (AvgIpc) is 4.14. The molecule has 2 saturated carbocycles. The minimum atomic E-state index is -0.350. The number of para-hydroxylation sites is 2. The molecule has 0 saturated heterocycles. The fourth-order valence-corrected chi connectivity index (χ4v) is 15.7. The molecule has 15 rings (SSSR count). The Hall–Kier alpha value is -7.58. The Labute approximate surface area is 431 Å². The zero-order valence-corrected chi connectivity index (χ0v) is 42.5. The third-order valence-corrected chi connectivity index (χ3v) is 19.7. The Morgan fingerprint density at radius 2 is 0.784 bits per heavy atom. The van der Waals surface area contributed by atoms with Crippen LogP contribution in [-0.4, -0.2) is 23.0 Å². The first-order valence-corrected chi connectivity index (χ1v) is 27.1. The number of fused-ring (bicyclic) bond motifs is 12. The van der Waals surface area contributed by atoms with E-state index in [1.165, 1.54) is 22.3 Å². The van der Waals surface area contributed by atoms with E-state index in [0.29, 0.717) is 35.1 Å². The lowest BCUT2D eigenvalue weighted by Crippen LogP contribution is -2.67. The Balaban J connectivity index is 0.705. The molecule has 366 valence electrons. The van der Waals surface area contributed by atoms with Crippen molar-refractivity contribution < 1.29 is 29.8 Å². The molecule has 5 aromatic rings. The summed E-state index contributed by atoms with van der Waals surface area (Å²) < 4.78 is 0. The van der Waals surface area contributed by atoms with Crippen LogP contribution in [0.4, 0.5) is 22.7 Å². The van der Waals surface area contributed by atoms with Crippen LogP contribution in [0.15, 0.2) is 177 Å². The molecular weight excluding hydrogens is 913 g/mol. The van der Waals surface area contributed by atoms with Crippen molar-refractivity contribution in [1.82, 2.24) is 0 Å². The summed E-state index contributed by atoms with van der Waals surface area (Å²) in [7, 11) is 0. The number of ketones is 2. The molecule has 4 atom stereocenters. The lowest BCUT2D eigenvalue weighted by atomic mass is 9.64. The van der Waals surface area contributed by atoms with Crippen LogP contribution in [0.3, 0.4) is 0 Å². The van der Waals surface area contributed by atoms with E-state index >= 15 is 0 Å². The molecule has 8 heteroatoms. The van der Waals surface area contributed by atoms with Crippen LogP contribution < -0.4 is 30.8 Å². The van der Waals surface area contributed by atoms with E-state index < -0.39 is 0 Å². The van der Waals surface area contributed by atoms with Gasteiger partial charge in [0, 0.05) is 90.3 Å². The maximum atomic E-state index is 14.3. The van der Waals surface area contributed by atoms with E-state index in [1.54, 1.807) is 0 Å². The molecule has 0 spiro atoms. The maximum absolute atomic E-state index is 14.3. The number of allylic oxidation sites excluding steroid dienone is 10. The van der Waals surface area contributed by atoms with Gasteiger partial charge >= 0.3 is 0 Å². The summed E-state index contributed by atoms with van der Waals surface area (Å²) >= 11 is 0. The SMILES string of the molecule is CC12CCCC(C3=C([O-])/C(=C4/CCCC5(C)C4=[NH+]c4ccccc45)C3=O)=C1Nc1ccc(-c3ccc(-c4ccc5c(c4)C4(C)CCCC(C6=C([O-])/C(=C7/CCCC8(C)C7=[NH+]c7ccccc78)C6=O)=C4N5)cc3)cc12. The van der Waals surface area contributed by atoms with Gasteiger partial charge in [0.1, 0.15) is 0 Å². The first-order chi connectivity index (χ1) is 35.8. The Bertz CT molecular complexity index is 3550. The fraction of sp³-hybridized carbons (Fsp3) is 0.303. The molecule has 0 aromatic heterocycles. The van der Waals surface area contributed by atoms with E-state index in [-0.39, 0.29) is 44.7 Å². The van der Waals surface area contributed by atoms with Gasteiger partial charge in [-0.05, 0) is 174 Å². The van der Waals surface area contributed by atoms with Gasteiger partial charge < -0.3 is 20.8 Å². The number of benzene rings is 5. The number of nitrogens with one attached hydrogen (secondary N) is 4. The minimum Gasteiger partial charge on any atom is -0.871 e. The highest BCUT2D eigenvalue weighted by Crippen LogP contribution is 2.57. The van der Waals surface area contributed by atoms with Gasteiger partial charge in [-0.2, -0.15) is 0 Å². The van der Waals surface area contributed by atoms with Gasteiger partial charge in [0.05, 0.1) is 10.8 Å². The molecule has 0 radical (unpaired) electrons. The number of carbonyl (C=O) groups is 2. The van der Waals surface area contributed by atoms with Gasteiger partial charge in [0.2, 0.25) is 11.4 Å². The molecule has 74 heavy (non-hydrogen) atoms. The smallest absolute Gasteiger partial charge is 0.208 e. The number of carbonyl (C=O) groups excluding carboxylic acids is 2. The van der Waals surface area contributed by atoms with Crippen molar-refractivity contribution in [3.8, 4) is 22.3 Å². The Morgan fingerprint density at radius 3 is 1.19 bits per heavy atom. The predicted molar refractivity (Wildman–Crippen MR) is 286 cm³/mol. The fourth-order valence-electron chi connectivity index (χ4n) is 15.7. The summed E-state index contributed by atoms with van der Waals surface area (Å²) in [5.74, 6) is -0.383. The summed E-state index contributed by atoms with van der Waals surface area (Å²) in [6.45, 7) is 9.04. The molecule has 4 unspecified atom stereocenters. The number of hydrogen-bond donors (Lipinski definition) is 4. The van der Waals surface area contributed by atoms with E-state index in [1.807, 2.05) is 12.1 Å².